The third-order valence-electron chi connectivity index (χ3n) is 4.04. The molecule has 7 nitrogen and oxygen atoms in total. The lowest BCUT2D eigenvalue weighted by molar-refractivity contribution is -0.385. The zero-order valence-corrected chi connectivity index (χ0v) is 13.8. The van der Waals surface area contributed by atoms with E-state index in [4.69, 9.17) is 0 Å². The summed E-state index contributed by atoms with van der Waals surface area (Å²) in [6.07, 6.45) is 1.53. The van der Waals surface area contributed by atoms with Crippen LogP contribution in [0.2, 0.25) is 0 Å². The van der Waals surface area contributed by atoms with Crippen LogP contribution in [0.25, 0.3) is 0 Å². The zero-order valence-electron chi connectivity index (χ0n) is 13.0. The van der Waals surface area contributed by atoms with E-state index in [0.717, 1.165) is 18.9 Å². The molecule has 0 unspecified atom stereocenters. The Balaban J connectivity index is 2.26. The van der Waals surface area contributed by atoms with Crippen molar-refractivity contribution in [2.45, 2.75) is 30.7 Å². The van der Waals surface area contributed by atoms with E-state index < -0.39 is 14.9 Å². The number of non-ortho nitro benzene ring substituents is 1. The van der Waals surface area contributed by atoms with Crippen molar-refractivity contribution in [2.24, 2.45) is 0 Å². The fourth-order valence-electron chi connectivity index (χ4n) is 2.73. The summed E-state index contributed by atoms with van der Waals surface area (Å²) in [5.41, 5.74) is 0.373. The first kappa shape index (κ1) is 16.9. The predicted octanol–water partition coefficient (Wildman–Crippen LogP) is 1.62. The average Bonchev–Trinajstić information content (AvgIpc) is 2.46. The maximum absolute atomic E-state index is 12.7. The van der Waals surface area contributed by atoms with Crippen molar-refractivity contribution < 1.29 is 13.3 Å². The Morgan fingerprint density at radius 3 is 2.32 bits per heavy atom. The first-order chi connectivity index (χ1) is 10.2. The minimum Gasteiger partial charge on any atom is -0.306 e. The molecule has 2 rings (SSSR count). The van der Waals surface area contributed by atoms with Crippen LogP contribution in [-0.2, 0) is 10.0 Å². The summed E-state index contributed by atoms with van der Waals surface area (Å²) in [7, 11) is 0.290. The van der Waals surface area contributed by atoms with Gasteiger partial charge in [0.15, 0.2) is 0 Å². The van der Waals surface area contributed by atoms with Crippen LogP contribution in [0.4, 0.5) is 5.69 Å². The summed E-state index contributed by atoms with van der Waals surface area (Å²) in [4.78, 5) is 12.5. The number of nitro benzene ring substituents is 1. The highest BCUT2D eigenvalue weighted by atomic mass is 32.2. The number of nitro groups is 1. The highest BCUT2D eigenvalue weighted by Crippen LogP contribution is 2.26. The Kier molecular flexibility index (Phi) is 4.84. The second-order valence-corrected chi connectivity index (χ2v) is 7.80. The van der Waals surface area contributed by atoms with Crippen LogP contribution in [0.1, 0.15) is 18.4 Å². The minimum absolute atomic E-state index is 0.00232. The Bertz CT molecular complexity index is 665. The molecule has 1 aliphatic rings. The fraction of sp³-hybridized carbons (Fsp3) is 0.571. The number of nitrogens with zero attached hydrogens (tertiary/aromatic N) is 3. The molecule has 1 aromatic rings. The Hall–Kier alpha value is -1.51. The second kappa shape index (κ2) is 6.31. The highest BCUT2D eigenvalue weighted by Gasteiger charge is 2.31. The van der Waals surface area contributed by atoms with Gasteiger partial charge in [-0.1, -0.05) is 0 Å². The first-order valence-electron chi connectivity index (χ1n) is 7.14. The van der Waals surface area contributed by atoms with Gasteiger partial charge in [0.05, 0.1) is 9.82 Å². The molecule has 22 heavy (non-hydrogen) atoms. The van der Waals surface area contributed by atoms with Gasteiger partial charge in [0.2, 0.25) is 10.0 Å². The number of benzene rings is 1. The van der Waals surface area contributed by atoms with Crippen LogP contribution in [0, 0.1) is 17.0 Å². The molecule has 0 aliphatic carbocycles. The highest BCUT2D eigenvalue weighted by molar-refractivity contribution is 7.89. The molecule has 0 saturated carbocycles. The van der Waals surface area contributed by atoms with Gasteiger partial charge in [-0.3, -0.25) is 10.1 Å². The Morgan fingerprint density at radius 2 is 1.82 bits per heavy atom. The van der Waals surface area contributed by atoms with E-state index in [2.05, 4.69) is 4.90 Å². The van der Waals surface area contributed by atoms with E-state index in [1.54, 1.807) is 6.92 Å². The standard InChI is InChI=1S/C14H21N3O4S/c1-11-8-13(17(18)19)10-14(9-11)22(20,21)16-6-4-12(5-7-16)15(2)3/h8-10,12H,4-7H2,1-3H3. The smallest absolute Gasteiger partial charge is 0.271 e. The molecule has 1 fully saturated rings. The quantitative estimate of drug-likeness (QED) is 0.620. The monoisotopic (exact) mass is 327 g/mol. The normalized spacial score (nSPS) is 17.8. The van der Waals surface area contributed by atoms with Gasteiger partial charge in [-0.15, -0.1) is 0 Å². The van der Waals surface area contributed by atoms with Gasteiger partial charge in [-0.05, 0) is 45.5 Å². The molecule has 1 heterocycles. The van der Waals surface area contributed by atoms with Crippen LogP contribution in [-0.4, -0.2) is 55.8 Å². The van der Waals surface area contributed by atoms with Crippen LogP contribution in [0.15, 0.2) is 23.1 Å². The van der Waals surface area contributed by atoms with E-state index >= 15 is 0 Å². The summed E-state index contributed by atoms with van der Waals surface area (Å²) in [6, 6.07) is 4.37. The van der Waals surface area contributed by atoms with E-state index in [9.17, 15) is 18.5 Å². The molecule has 8 heteroatoms. The molecule has 0 aromatic heterocycles. The fourth-order valence-corrected chi connectivity index (χ4v) is 4.32. The second-order valence-electron chi connectivity index (χ2n) is 5.86. The van der Waals surface area contributed by atoms with Gasteiger partial charge in [-0.25, -0.2) is 8.42 Å². The van der Waals surface area contributed by atoms with Crippen molar-refractivity contribution in [3.63, 3.8) is 0 Å². The van der Waals surface area contributed by atoms with E-state index in [1.165, 1.54) is 16.4 Å². The lowest BCUT2D eigenvalue weighted by Crippen LogP contribution is -2.44. The summed E-state index contributed by atoms with van der Waals surface area (Å²) in [5.74, 6) is 0. The lowest BCUT2D eigenvalue weighted by atomic mass is 10.1. The number of rotatable bonds is 4. The topological polar surface area (TPSA) is 83.8 Å². The van der Waals surface area contributed by atoms with Crippen LogP contribution < -0.4 is 0 Å². The molecule has 0 spiro atoms. The van der Waals surface area contributed by atoms with Crippen LogP contribution in [0.5, 0.6) is 0 Å². The summed E-state index contributed by atoms with van der Waals surface area (Å²) < 4.78 is 26.8. The molecular formula is C14H21N3O4S. The van der Waals surface area contributed by atoms with Gasteiger partial charge < -0.3 is 4.90 Å². The van der Waals surface area contributed by atoms with Crippen molar-refractivity contribution in [3.8, 4) is 0 Å². The Labute approximate surface area is 130 Å². The van der Waals surface area contributed by atoms with Gasteiger partial charge in [0.1, 0.15) is 0 Å². The number of sulfonamides is 1. The van der Waals surface area contributed by atoms with Crippen molar-refractivity contribution in [2.75, 3.05) is 27.2 Å². The van der Waals surface area contributed by atoms with Gasteiger partial charge in [0, 0.05) is 31.3 Å². The molecule has 1 aromatic carbocycles. The largest absolute Gasteiger partial charge is 0.306 e. The zero-order chi connectivity index (χ0) is 16.5. The maximum atomic E-state index is 12.7. The third kappa shape index (κ3) is 3.45. The van der Waals surface area contributed by atoms with E-state index in [0.29, 0.717) is 24.7 Å². The predicted molar refractivity (Wildman–Crippen MR) is 83.3 cm³/mol. The summed E-state index contributed by atoms with van der Waals surface area (Å²) >= 11 is 0. The molecule has 0 bridgehead atoms. The van der Waals surface area contributed by atoms with Crippen LogP contribution in [0.3, 0.4) is 0 Å². The molecule has 0 N–H and O–H groups in total. The third-order valence-corrected chi connectivity index (χ3v) is 5.91. The maximum Gasteiger partial charge on any atom is 0.271 e. The average molecular weight is 327 g/mol. The van der Waals surface area contributed by atoms with E-state index in [1.807, 2.05) is 14.1 Å². The molecule has 0 atom stereocenters. The number of hydrogen-bond acceptors (Lipinski definition) is 5. The van der Waals surface area contributed by atoms with E-state index in [-0.39, 0.29) is 10.6 Å². The molecule has 0 amide bonds. The summed E-state index contributed by atoms with van der Waals surface area (Å²) in [6.45, 7) is 2.53. The lowest BCUT2D eigenvalue weighted by Gasteiger charge is -2.34. The van der Waals surface area contributed by atoms with Gasteiger partial charge in [-0.2, -0.15) is 4.31 Å². The van der Waals surface area contributed by atoms with Crippen molar-refractivity contribution in [1.82, 2.24) is 9.21 Å². The number of aryl methyl sites for hydroxylation is 1. The SMILES string of the molecule is Cc1cc([N+](=O)[O-])cc(S(=O)(=O)N2CCC(N(C)C)CC2)c1. The first-order valence-corrected chi connectivity index (χ1v) is 8.58. The Morgan fingerprint density at radius 1 is 1.23 bits per heavy atom. The molecule has 1 saturated heterocycles. The number of piperidine rings is 1. The van der Waals surface area contributed by atoms with Gasteiger partial charge in [0.25, 0.3) is 5.69 Å². The molecule has 0 radical (unpaired) electrons. The molecule has 122 valence electrons. The summed E-state index contributed by atoms with van der Waals surface area (Å²) in [5, 5.41) is 10.9. The molecular weight excluding hydrogens is 306 g/mol. The van der Waals surface area contributed by atoms with Gasteiger partial charge >= 0.3 is 0 Å². The molecule has 1 aliphatic heterocycles. The van der Waals surface area contributed by atoms with Crippen molar-refractivity contribution in [3.05, 3.63) is 33.9 Å². The van der Waals surface area contributed by atoms with Crippen molar-refractivity contribution >= 4 is 15.7 Å². The minimum atomic E-state index is -3.68. The van der Waals surface area contributed by atoms with Crippen LogP contribution >= 0.6 is 0 Å². The number of hydrogen-bond donors (Lipinski definition) is 0. The van der Waals surface area contributed by atoms with Crippen molar-refractivity contribution in [1.29, 1.82) is 0 Å².